The summed E-state index contributed by atoms with van der Waals surface area (Å²) in [7, 11) is 0. The van der Waals surface area contributed by atoms with Crippen molar-refractivity contribution in [1.82, 2.24) is 10.2 Å². The van der Waals surface area contributed by atoms with Gasteiger partial charge in [0.15, 0.2) is 0 Å². The molecule has 108 valence electrons. The van der Waals surface area contributed by atoms with Crippen molar-refractivity contribution in [3.8, 4) is 0 Å². The summed E-state index contributed by atoms with van der Waals surface area (Å²) in [4.78, 5) is 14.4. The van der Waals surface area contributed by atoms with Crippen LogP contribution in [0.3, 0.4) is 0 Å². The predicted molar refractivity (Wildman–Crippen MR) is 79.0 cm³/mol. The zero-order valence-corrected chi connectivity index (χ0v) is 11.9. The molecule has 2 unspecified atom stereocenters. The van der Waals surface area contributed by atoms with Crippen LogP contribution >= 0.6 is 0 Å². The lowest BCUT2D eigenvalue weighted by Gasteiger charge is -2.44. The van der Waals surface area contributed by atoms with E-state index in [2.05, 4.69) is 28.5 Å². The molecule has 2 atom stereocenters. The SMILES string of the molecule is CC1(N2CCCCC2)NC(N)C(=O)Nc2ccccc21. The number of amides is 1. The van der Waals surface area contributed by atoms with Crippen LogP contribution in [0.4, 0.5) is 5.69 Å². The summed E-state index contributed by atoms with van der Waals surface area (Å²) in [5, 5.41) is 6.24. The van der Waals surface area contributed by atoms with Crippen molar-refractivity contribution in [2.75, 3.05) is 18.4 Å². The highest BCUT2D eigenvalue weighted by atomic mass is 16.2. The number of benzene rings is 1. The molecule has 0 aromatic heterocycles. The molecule has 4 N–H and O–H groups in total. The van der Waals surface area contributed by atoms with E-state index in [9.17, 15) is 4.79 Å². The van der Waals surface area contributed by atoms with E-state index in [1.54, 1.807) is 0 Å². The minimum atomic E-state index is -0.700. The molecule has 2 heterocycles. The Morgan fingerprint density at radius 2 is 1.95 bits per heavy atom. The van der Waals surface area contributed by atoms with E-state index in [0.29, 0.717) is 0 Å². The smallest absolute Gasteiger partial charge is 0.256 e. The minimum Gasteiger partial charge on any atom is -0.323 e. The number of carbonyl (C=O) groups excluding carboxylic acids is 1. The zero-order valence-electron chi connectivity index (χ0n) is 11.9. The second-order valence-corrected chi connectivity index (χ2v) is 5.78. The molecule has 2 aliphatic rings. The van der Waals surface area contributed by atoms with Crippen molar-refractivity contribution in [2.45, 2.75) is 38.0 Å². The Hall–Kier alpha value is -1.43. The van der Waals surface area contributed by atoms with Gasteiger partial charge in [-0.2, -0.15) is 0 Å². The highest BCUT2D eigenvalue weighted by Gasteiger charge is 2.40. The molecule has 3 rings (SSSR count). The number of fused-ring (bicyclic) bond motifs is 1. The number of anilines is 1. The first-order valence-electron chi connectivity index (χ1n) is 7.30. The first-order chi connectivity index (χ1) is 9.61. The number of rotatable bonds is 1. The van der Waals surface area contributed by atoms with E-state index < -0.39 is 11.8 Å². The molecule has 5 heteroatoms. The Labute approximate surface area is 119 Å². The molecule has 1 aromatic carbocycles. The minimum absolute atomic E-state index is 0.182. The van der Waals surface area contributed by atoms with E-state index >= 15 is 0 Å². The summed E-state index contributed by atoms with van der Waals surface area (Å²) in [5.74, 6) is -0.182. The van der Waals surface area contributed by atoms with Crippen LogP contribution in [-0.2, 0) is 10.5 Å². The summed E-state index contributed by atoms with van der Waals surface area (Å²) in [6.45, 7) is 4.18. The molecule has 1 amide bonds. The largest absolute Gasteiger partial charge is 0.323 e. The van der Waals surface area contributed by atoms with Gasteiger partial charge in [0.1, 0.15) is 6.17 Å². The standard InChI is InChI=1S/C15H22N4O/c1-15(19-9-5-2-6-10-19)11-7-3-4-8-12(11)17-14(20)13(16)18-15/h3-4,7-8,13,18H,2,5-6,9-10,16H2,1H3,(H,17,20). The molecule has 0 spiro atoms. The summed E-state index contributed by atoms with van der Waals surface area (Å²) >= 11 is 0. The number of nitrogens with zero attached hydrogens (tertiary/aromatic N) is 1. The lowest BCUT2D eigenvalue weighted by molar-refractivity contribution is -0.119. The van der Waals surface area contributed by atoms with Crippen molar-refractivity contribution in [3.05, 3.63) is 29.8 Å². The van der Waals surface area contributed by atoms with Gasteiger partial charge in [-0.15, -0.1) is 0 Å². The van der Waals surface area contributed by atoms with E-state index in [1.807, 2.05) is 18.2 Å². The monoisotopic (exact) mass is 274 g/mol. The molecule has 1 saturated heterocycles. The molecular weight excluding hydrogens is 252 g/mol. The molecule has 0 radical (unpaired) electrons. The van der Waals surface area contributed by atoms with Crippen molar-refractivity contribution >= 4 is 11.6 Å². The van der Waals surface area contributed by atoms with Crippen LogP contribution in [0.25, 0.3) is 0 Å². The Morgan fingerprint density at radius 3 is 2.70 bits per heavy atom. The number of nitrogens with one attached hydrogen (secondary N) is 2. The maximum absolute atomic E-state index is 12.0. The van der Waals surface area contributed by atoms with Crippen LogP contribution in [0.1, 0.15) is 31.7 Å². The maximum atomic E-state index is 12.0. The zero-order chi connectivity index (χ0) is 14.2. The maximum Gasteiger partial charge on any atom is 0.256 e. The highest BCUT2D eigenvalue weighted by molar-refractivity contribution is 5.96. The van der Waals surface area contributed by atoms with Gasteiger partial charge in [-0.3, -0.25) is 15.0 Å². The van der Waals surface area contributed by atoms with E-state index in [4.69, 9.17) is 5.73 Å². The second-order valence-electron chi connectivity index (χ2n) is 5.78. The van der Waals surface area contributed by atoms with E-state index in [-0.39, 0.29) is 5.91 Å². The number of hydrogen-bond acceptors (Lipinski definition) is 4. The van der Waals surface area contributed by atoms with Crippen molar-refractivity contribution in [1.29, 1.82) is 0 Å². The summed E-state index contributed by atoms with van der Waals surface area (Å²) in [6.07, 6.45) is 2.96. The number of likely N-dealkylation sites (tertiary alicyclic amines) is 1. The lowest BCUT2D eigenvalue weighted by atomic mass is 9.95. The lowest BCUT2D eigenvalue weighted by Crippen LogP contribution is -2.61. The molecule has 0 saturated carbocycles. The average Bonchev–Trinajstić information content (AvgIpc) is 2.57. The third-order valence-corrected chi connectivity index (χ3v) is 4.42. The molecule has 2 aliphatic heterocycles. The van der Waals surface area contributed by atoms with Crippen LogP contribution in [0.2, 0.25) is 0 Å². The summed E-state index contributed by atoms with van der Waals surface area (Å²) < 4.78 is 0. The van der Waals surface area contributed by atoms with Gasteiger partial charge < -0.3 is 11.1 Å². The third kappa shape index (κ3) is 2.22. The van der Waals surface area contributed by atoms with Gasteiger partial charge in [0.2, 0.25) is 0 Å². The first-order valence-corrected chi connectivity index (χ1v) is 7.30. The second kappa shape index (κ2) is 5.16. The van der Waals surface area contributed by atoms with E-state index in [0.717, 1.165) is 24.3 Å². The Balaban J connectivity index is 2.05. The van der Waals surface area contributed by atoms with Gasteiger partial charge in [0.25, 0.3) is 5.91 Å². The van der Waals surface area contributed by atoms with E-state index in [1.165, 1.54) is 19.3 Å². The summed E-state index contributed by atoms with van der Waals surface area (Å²) in [6, 6.07) is 7.95. The first kappa shape index (κ1) is 13.5. The quantitative estimate of drug-likeness (QED) is 0.719. The number of piperidine rings is 1. The topological polar surface area (TPSA) is 70.4 Å². The third-order valence-electron chi connectivity index (χ3n) is 4.42. The molecule has 0 bridgehead atoms. The number of hydrogen-bond donors (Lipinski definition) is 3. The predicted octanol–water partition coefficient (Wildman–Crippen LogP) is 1.17. The number of nitrogens with two attached hydrogens (primary N) is 1. The number of carbonyl (C=O) groups is 1. The summed E-state index contributed by atoms with van der Waals surface area (Å²) in [5.41, 5.74) is 7.52. The fourth-order valence-electron chi connectivity index (χ4n) is 3.28. The fraction of sp³-hybridized carbons (Fsp3) is 0.533. The van der Waals surface area contributed by atoms with Crippen molar-refractivity contribution < 1.29 is 4.79 Å². The molecule has 20 heavy (non-hydrogen) atoms. The van der Waals surface area contributed by atoms with Gasteiger partial charge >= 0.3 is 0 Å². The van der Waals surface area contributed by atoms with Crippen LogP contribution in [0.15, 0.2) is 24.3 Å². The van der Waals surface area contributed by atoms with Gasteiger partial charge in [-0.25, -0.2) is 0 Å². The van der Waals surface area contributed by atoms with Crippen molar-refractivity contribution in [3.63, 3.8) is 0 Å². The fourth-order valence-corrected chi connectivity index (χ4v) is 3.28. The van der Waals surface area contributed by atoms with Gasteiger partial charge in [0, 0.05) is 24.3 Å². The number of para-hydroxylation sites is 1. The molecule has 1 fully saturated rings. The van der Waals surface area contributed by atoms with Crippen LogP contribution in [0.5, 0.6) is 0 Å². The Bertz CT molecular complexity index is 512. The molecule has 5 nitrogen and oxygen atoms in total. The molecule has 1 aromatic rings. The average molecular weight is 274 g/mol. The van der Waals surface area contributed by atoms with Crippen molar-refractivity contribution in [2.24, 2.45) is 5.73 Å². The van der Waals surface area contributed by atoms with Gasteiger partial charge in [0.05, 0.1) is 5.66 Å². The van der Waals surface area contributed by atoms with Crippen LogP contribution in [0, 0.1) is 0 Å². The molecular formula is C15H22N4O. The normalized spacial score (nSPS) is 31.3. The van der Waals surface area contributed by atoms with Crippen LogP contribution < -0.4 is 16.4 Å². The Kier molecular flexibility index (Phi) is 3.50. The van der Waals surface area contributed by atoms with Gasteiger partial charge in [-0.05, 0) is 25.8 Å². The Morgan fingerprint density at radius 1 is 1.25 bits per heavy atom. The molecule has 0 aliphatic carbocycles. The highest BCUT2D eigenvalue weighted by Crippen LogP contribution is 2.35. The van der Waals surface area contributed by atoms with Crippen LogP contribution in [-0.4, -0.2) is 30.1 Å². The van der Waals surface area contributed by atoms with Gasteiger partial charge in [-0.1, -0.05) is 24.6 Å².